The third kappa shape index (κ3) is 3.36. The van der Waals surface area contributed by atoms with E-state index in [-0.39, 0.29) is 12.1 Å². The number of nitrogens with two attached hydrogens (primary N) is 1. The van der Waals surface area contributed by atoms with Gasteiger partial charge in [-0.1, -0.05) is 48.0 Å². The molecule has 0 fully saturated rings. The first-order valence-electron chi connectivity index (χ1n) is 6.62. The van der Waals surface area contributed by atoms with Crippen molar-refractivity contribution in [3.63, 3.8) is 0 Å². The molecule has 2 heteroatoms. The van der Waals surface area contributed by atoms with Crippen molar-refractivity contribution in [1.82, 2.24) is 0 Å². The lowest BCUT2D eigenvalue weighted by Crippen LogP contribution is -2.29. The molecule has 0 aromatic heterocycles. The molecule has 0 aliphatic rings. The molecule has 0 saturated heterocycles. The van der Waals surface area contributed by atoms with Crippen LogP contribution in [0.15, 0.2) is 48.5 Å². The van der Waals surface area contributed by atoms with Gasteiger partial charge >= 0.3 is 0 Å². The van der Waals surface area contributed by atoms with Crippen molar-refractivity contribution in [1.29, 1.82) is 0 Å². The Kier molecular flexibility index (Phi) is 4.23. The SMILES string of the molecule is Cc1ccc(OC(c2ccccc2)C(C)N)c(C)c1. The summed E-state index contributed by atoms with van der Waals surface area (Å²) in [6.45, 7) is 6.11. The molecule has 0 spiro atoms. The van der Waals surface area contributed by atoms with Gasteiger partial charge in [0.1, 0.15) is 11.9 Å². The van der Waals surface area contributed by atoms with Gasteiger partial charge < -0.3 is 10.5 Å². The van der Waals surface area contributed by atoms with E-state index in [9.17, 15) is 0 Å². The summed E-state index contributed by atoms with van der Waals surface area (Å²) in [5.74, 6) is 0.900. The predicted octanol–water partition coefficient (Wildman–Crippen LogP) is 3.77. The number of hydrogen-bond acceptors (Lipinski definition) is 2. The zero-order valence-corrected chi connectivity index (χ0v) is 11.8. The Labute approximate surface area is 115 Å². The van der Waals surface area contributed by atoms with Crippen molar-refractivity contribution in [2.24, 2.45) is 5.73 Å². The third-order valence-electron chi connectivity index (χ3n) is 3.19. The van der Waals surface area contributed by atoms with E-state index in [1.807, 2.05) is 31.2 Å². The fourth-order valence-electron chi connectivity index (χ4n) is 2.19. The normalized spacial score (nSPS) is 13.9. The molecule has 0 amide bonds. The van der Waals surface area contributed by atoms with Crippen molar-refractivity contribution < 1.29 is 4.74 Å². The molecule has 2 N–H and O–H groups in total. The summed E-state index contributed by atoms with van der Waals surface area (Å²) >= 11 is 0. The van der Waals surface area contributed by atoms with Crippen LogP contribution in [0.2, 0.25) is 0 Å². The van der Waals surface area contributed by atoms with Gasteiger partial charge in [-0.3, -0.25) is 0 Å². The van der Waals surface area contributed by atoms with Gasteiger partial charge in [-0.05, 0) is 38.0 Å². The molecular weight excluding hydrogens is 234 g/mol. The van der Waals surface area contributed by atoms with Gasteiger partial charge in [0.2, 0.25) is 0 Å². The standard InChI is InChI=1S/C17H21NO/c1-12-9-10-16(13(2)11-12)19-17(14(3)18)15-7-5-4-6-8-15/h4-11,14,17H,18H2,1-3H3. The van der Waals surface area contributed by atoms with Gasteiger partial charge in [-0.15, -0.1) is 0 Å². The van der Waals surface area contributed by atoms with Gasteiger partial charge in [0.15, 0.2) is 0 Å². The highest BCUT2D eigenvalue weighted by Gasteiger charge is 2.18. The van der Waals surface area contributed by atoms with E-state index >= 15 is 0 Å². The van der Waals surface area contributed by atoms with Crippen LogP contribution in [0.5, 0.6) is 5.75 Å². The van der Waals surface area contributed by atoms with E-state index in [4.69, 9.17) is 10.5 Å². The lowest BCUT2D eigenvalue weighted by molar-refractivity contribution is 0.179. The van der Waals surface area contributed by atoms with Crippen LogP contribution in [0.1, 0.15) is 29.7 Å². The summed E-state index contributed by atoms with van der Waals surface area (Å²) in [7, 11) is 0. The highest BCUT2D eigenvalue weighted by atomic mass is 16.5. The minimum absolute atomic E-state index is 0.0666. The molecule has 0 saturated carbocycles. The zero-order valence-electron chi connectivity index (χ0n) is 11.8. The monoisotopic (exact) mass is 255 g/mol. The molecule has 2 aromatic carbocycles. The van der Waals surface area contributed by atoms with Crippen molar-refractivity contribution in [3.8, 4) is 5.75 Å². The maximum absolute atomic E-state index is 6.12. The van der Waals surface area contributed by atoms with Crippen LogP contribution < -0.4 is 10.5 Å². The van der Waals surface area contributed by atoms with Gasteiger partial charge in [-0.25, -0.2) is 0 Å². The minimum atomic E-state index is -0.123. The van der Waals surface area contributed by atoms with E-state index < -0.39 is 0 Å². The molecule has 2 rings (SSSR count). The maximum atomic E-state index is 6.12. The van der Waals surface area contributed by atoms with Crippen LogP contribution in [0.3, 0.4) is 0 Å². The Morgan fingerprint density at radius 3 is 2.26 bits per heavy atom. The van der Waals surface area contributed by atoms with E-state index in [1.54, 1.807) is 0 Å². The highest BCUT2D eigenvalue weighted by Crippen LogP contribution is 2.27. The average Bonchev–Trinajstić information content (AvgIpc) is 2.38. The fraction of sp³-hybridized carbons (Fsp3) is 0.294. The average molecular weight is 255 g/mol. The number of benzene rings is 2. The van der Waals surface area contributed by atoms with Crippen LogP contribution in [0, 0.1) is 13.8 Å². The Morgan fingerprint density at radius 1 is 1.00 bits per heavy atom. The van der Waals surface area contributed by atoms with E-state index in [0.717, 1.165) is 16.9 Å². The summed E-state index contributed by atoms with van der Waals surface area (Å²) in [5.41, 5.74) is 9.56. The number of rotatable bonds is 4. The van der Waals surface area contributed by atoms with Crippen molar-refractivity contribution >= 4 is 0 Å². The topological polar surface area (TPSA) is 35.2 Å². The molecular formula is C17H21NO. The van der Waals surface area contributed by atoms with Gasteiger partial charge in [0.25, 0.3) is 0 Å². The second-order valence-corrected chi connectivity index (χ2v) is 5.08. The number of aryl methyl sites for hydroxylation is 2. The summed E-state index contributed by atoms with van der Waals surface area (Å²) in [6, 6.07) is 16.3. The fourth-order valence-corrected chi connectivity index (χ4v) is 2.19. The Bertz CT molecular complexity index is 534. The lowest BCUT2D eigenvalue weighted by atomic mass is 10.0. The highest BCUT2D eigenvalue weighted by molar-refractivity contribution is 5.36. The Hall–Kier alpha value is -1.80. The quantitative estimate of drug-likeness (QED) is 0.902. The minimum Gasteiger partial charge on any atom is -0.484 e. The molecule has 2 aromatic rings. The van der Waals surface area contributed by atoms with Crippen LogP contribution in [0.25, 0.3) is 0 Å². The molecule has 0 heterocycles. The summed E-state index contributed by atoms with van der Waals surface area (Å²) in [6.07, 6.45) is -0.123. The largest absolute Gasteiger partial charge is 0.484 e. The van der Waals surface area contributed by atoms with Gasteiger partial charge in [0, 0.05) is 6.04 Å². The Balaban J connectivity index is 2.27. The lowest BCUT2D eigenvalue weighted by Gasteiger charge is -2.24. The number of hydrogen-bond donors (Lipinski definition) is 1. The maximum Gasteiger partial charge on any atom is 0.138 e. The molecule has 0 radical (unpaired) electrons. The van der Waals surface area contributed by atoms with Crippen LogP contribution >= 0.6 is 0 Å². The van der Waals surface area contributed by atoms with Crippen molar-refractivity contribution in [2.75, 3.05) is 0 Å². The molecule has 0 aliphatic heterocycles. The second kappa shape index (κ2) is 5.89. The molecule has 2 nitrogen and oxygen atoms in total. The van der Waals surface area contributed by atoms with E-state index in [0.29, 0.717) is 0 Å². The van der Waals surface area contributed by atoms with Crippen molar-refractivity contribution in [2.45, 2.75) is 32.9 Å². The molecule has 0 aliphatic carbocycles. The molecule has 0 bridgehead atoms. The van der Waals surface area contributed by atoms with Crippen LogP contribution in [-0.2, 0) is 0 Å². The molecule has 19 heavy (non-hydrogen) atoms. The molecule has 100 valence electrons. The predicted molar refractivity (Wildman–Crippen MR) is 79.4 cm³/mol. The first kappa shape index (κ1) is 13.6. The second-order valence-electron chi connectivity index (χ2n) is 5.08. The summed E-state index contributed by atoms with van der Waals surface area (Å²) < 4.78 is 6.12. The Morgan fingerprint density at radius 2 is 1.68 bits per heavy atom. The van der Waals surface area contributed by atoms with E-state index in [1.165, 1.54) is 5.56 Å². The third-order valence-corrected chi connectivity index (χ3v) is 3.19. The van der Waals surface area contributed by atoms with Gasteiger partial charge in [-0.2, -0.15) is 0 Å². The smallest absolute Gasteiger partial charge is 0.138 e. The van der Waals surface area contributed by atoms with Gasteiger partial charge in [0.05, 0.1) is 0 Å². The zero-order chi connectivity index (χ0) is 13.8. The van der Waals surface area contributed by atoms with Crippen molar-refractivity contribution in [3.05, 3.63) is 65.2 Å². The summed E-state index contributed by atoms with van der Waals surface area (Å²) in [4.78, 5) is 0. The van der Waals surface area contributed by atoms with Crippen LogP contribution in [-0.4, -0.2) is 6.04 Å². The van der Waals surface area contributed by atoms with E-state index in [2.05, 4.69) is 38.1 Å². The van der Waals surface area contributed by atoms with Crippen LogP contribution in [0.4, 0.5) is 0 Å². The summed E-state index contributed by atoms with van der Waals surface area (Å²) in [5, 5.41) is 0. The first-order valence-corrected chi connectivity index (χ1v) is 6.62. The molecule has 2 unspecified atom stereocenters. The molecule has 2 atom stereocenters. The number of ether oxygens (including phenoxy) is 1. The first-order chi connectivity index (χ1) is 9.08.